The smallest absolute Gasteiger partial charge is 0.414 e. The number of ether oxygens (including phenoxy) is 2. The van der Waals surface area contributed by atoms with Gasteiger partial charge in [-0.1, -0.05) is 0 Å². The molecule has 0 aromatic heterocycles. The third-order valence-corrected chi connectivity index (χ3v) is 5.01. The van der Waals surface area contributed by atoms with Gasteiger partial charge in [-0.05, 0) is 33.8 Å². The van der Waals surface area contributed by atoms with Crippen LogP contribution in [0.25, 0.3) is 0 Å². The maximum Gasteiger partial charge on any atom is 0.414 e. The molecule has 0 unspecified atom stereocenters. The normalized spacial score (nSPS) is 26.1. The second-order valence-corrected chi connectivity index (χ2v) is 8.30. The van der Waals surface area contributed by atoms with Gasteiger partial charge in [-0.3, -0.25) is 25.1 Å². The van der Waals surface area contributed by atoms with Gasteiger partial charge < -0.3 is 9.47 Å². The standard InChI is InChI=1S/C19H23FN4O6/c1-10-14-15(25)23(5)16(21-17(26)30-18(2,3)4)22-19(14,9-29-10)12-8-11(24(27)28)6-7-13(12)20/h6-8,10,14H,9H2,1-5H3,(H,21,22,26)/t10-,14+,19-/m1/s1. The highest BCUT2D eigenvalue weighted by Gasteiger charge is 2.58. The van der Waals surface area contributed by atoms with E-state index in [2.05, 4.69) is 10.3 Å². The van der Waals surface area contributed by atoms with E-state index in [1.54, 1.807) is 27.7 Å². The van der Waals surface area contributed by atoms with Crippen molar-refractivity contribution in [1.82, 2.24) is 10.2 Å². The van der Waals surface area contributed by atoms with E-state index < -0.39 is 45.9 Å². The first kappa shape index (κ1) is 21.6. The molecule has 1 fully saturated rings. The molecule has 10 nitrogen and oxygen atoms in total. The monoisotopic (exact) mass is 422 g/mol. The second-order valence-electron chi connectivity index (χ2n) is 8.30. The van der Waals surface area contributed by atoms with Gasteiger partial charge in [0.15, 0.2) is 0 Å². The van der Waals surface area contributed by atoms with Crippen LogP contribution in [0, 0.1) is 21.8 Å². The first-order chi connectivity index (χ1) is 13.9. The number of halogens is 1. The van der Waals surface area contributed by atoms with Crippen molar-refractivity contribution in [2.75, 3.05) is 13.7 Å². The summed E-state index contributed by atoms with van der Waals surface area (Å²) in [4.78, 5) is 41.5. The zero-order valence-corrected chi connectivity index (χ0v) is 17.3. The molecule has 3 rings (SSSR count). The van der Waals surface area contributed by atoms with Gasteiger partial charge in [0.1, 0.15) is 17.0 Å². The molecule has 1 N–H and O–H groups in total. The number of alkyl carbamates (subject to hydrolysis) is 1. The number of nitrogens with one attached hydrogen (secondary N) is 1. The topological polar surface area (TPSA) is 123 Å². The number of hydrogen-bond donors (Lipinski definition) is 1. The van der Waals surface area contributed by atoms with E-state index in [9.17, 15) is 24.1 Å². The van der Waals surface area contributed by atoms with Crippen molar-refractivity contribution in [3.63, 3.8) is 0 Å². The molecular weight excluding hydrogens is 399 g/mol. The predicted octanol–water partition coefficient (Wildman–Crippen LogP) is 2.32. The van der Waals surface area contributed by atoms with Gasteiger partial charge in [-0.2, -0.15) is 0 Å². The Labute approximate surface area is 172 Å². The zero-order chi connectivity index (χ0) is 22.4. The molecule has 30 heavy (non-hydrogen) atoms. The van der Waals surface area contributed by atoms with E-state index >= 15 is 0 Å². The first-order valence-electron chi connectivity index (χ1n) is 9.29. The summed E-state index contributed by atoms with van der Waals surface area (Å²) in [6, 6.07) is 3.04. The lowest BCUT2D eigenvalue weighted by Crippen LogP contribution is -2.58. The fourth-order valence-electron chi connectivity index (χ4n) is 3.69. The van der Waals surface area contributed by atoms with Crippen molar-refractivity contribution in [1.29, 1.82) is 0 Å². The molecule has 3 atom stereocenters. The average Bonchev–Trinajstić information content (AvgIpc) is 2.95. The molecule has 1 saturated heterocycles. The van der Waals surface area contributed by atoms with Crippen LogP contribution >= 0.6 is 0 Å². The largest absolute Gasteiger partial charge is 0.444 e. The van der Waals surface area contributed by atoms with E-state index in [1.165, 1.54) is 7.05 Å². The number of non-ortho nitro benzene ring substituents is 1. The summed E-state index contributed by atoms with van der Waals surface area (Å²) in [5.41, 5.74) is -2.85. The summed E-state index contributed by atoms with van der Waals surface area (Å²) < 4.78 is 25.7. The van der Waals surface area contributed by atoms with Gasteiger partial charge in [0, 0.05) is 24.7 Å². The highest BCUT2D eigenvalue weighted by Crippen LogP contribution is 2.47. The lowest BCUT2D eigenvalue weighted by Gasteiger charge is -2.39. The molecule has 0 aliphatic carbocycles. The van der Waals surface area contributed by atoms with Crippen LogP contribution in [0.2, 0.25) is 0 Å². The van der Waals surface area contributed by atoms with Crippen LogP contribution in [-0.2, 0) is 19.8 Å². The number of aliphatic imine (C=N–C) groups is 1. The molecule has 2 aliphatic rings. The summed E-state index contributed by atoms with van der Waals surface area (Å²) in [6.45, 7) is 6.48. The summed E-state index contributed by atoms with van der Waals surface area (Å²) in [5, 5.41) is 13.6. The van der Waals surface area contributed by atoms with Crippen molar-refractivity contribution >= 4 is 23.6 Å². The Bertz CT molecular complexity index is 943. The Morgan fingerprint density at radius 2 is 2.13 bits per heavy atom. The van der Waals surface area contributed by atoms with Gasteiger partial charge in [0.05, 0.1) is 23.6 Å². The van der Waals surface area contributed by atoms with E-state index in [4.69, 9.17) is 9.47 Å². The number of amides is 2. The molecular formula is C19H23FN4O6. The highest BCUT2D eigenvalue weighted by molar-refractivity contribution is 6.06. The van der Waals surface area contributed by atoms with Crippen molar-refractivity contribution in [3.05, 3.63) is 39.7 Å². The van der Waals surface area contributed by atoms with Crippen molar-refractivity contribution in [2.24, 2.45) is 10.9 Å². The number of fused-ring (bicyclic) bond motifs is 1. The minimum absolute atomic E-state index is 0.143. The van der Waals surface area contributed by atoms with Crippen LogP contribution in [0.5, 0.6) is 0 Å². The zero-order valence-electron chi connectivity index (χ0n) is 17.3. The Balaban J connectivity index is 2.13. The van der Waals surface area contributed by atoms with E-state index in [0.717, 1.165) is 23.1 Å². The summed E-state index contributed by atoms with van der Waals surface area (Å²) >= 11 is 0. The number of benzene rings is 1. The lowest BCUT2D eigenvalue weighted by molar-refractivity contribution is -0.385. The summed E-state index contributed by atoms with van der Waals surface area (Å²) in [7, 11) is 1.41. The molecule has 2 amide bonds. The minimum atomic E-state index is -1.57. The lowest BCUT2D eigenvalue weighted by atomic mass is 9.76. The molecule has 0 spiro atoms. The SMILES string of the molecule is C[C@H]1OC[C@]2(c3cc([N+](=O)[O-])ccc3F)N=C(NC(=O)OC(C)(C)C)N(C)C(=O)[C@H]12. The molecule has 11 heteroatoms. The molecule has 2 aliphatic heterocycles. The summed E-state index contributed by atoms with van der Waals surface area (Å²) in [6.07, 6.45) is -1.47. The van der Waals surface area contributed by atoms with E-state index in [1.807, 2.05) is 0 Å². The number of hydrogen-bond acceptors (Lipinski definition) is 7. The van der Waals surface area contributed by atoms with Crippen molar-refractivity contribution < 1.29 is 28.4 Å². The van der Waals surface area contributed by atoms with Crippen LogP contribution in [0.3, 0.4) is 0 Å². The van der Waals surface area contributed by atoms with Gasteiger partial charge >= 0.3 is 6.09 Å². The van der Waals surface area contributed by atoms with Gasteiger partial charge in [-0.25, -0.2) is 14.2 Å². The Morgan fingerprint density at radius 1 is 1.47 bits per heavy atom. The van der Waals surface area contributed by atoms with E-state index in [0.29, 0.717) is 0 Å². The molecule has 0 bridgehead atoms. The van der Waals surface area contributed by atoms with Crippen LogP contribution in [0.1, 0.15) is 33.3 Å². The third kappa shape index (κ3) is 3.72. The first-order valence-corrected chi connectivity index (χ1v) is 9.29. The fraction of sp³-hybridized carbons (Fsp3) is 0.526. The number of nitro benzene ring substituents is 1. The fourth-order valence-corrected chi connectivity index (χ4v) is 3.69. The second kappa shape index (κ2) is 7.31. The number of carbonyl (C=O) groups excluding carboxylic acids is 2. The molecule has 162 valence electrons. The van der Waals surface area contributed by atoms with Crippen LogP contribution in [-0.4, -0.2) is 53.1 Å². The number of guanidine groups is 1. The van der Waals surface area contributed by atoms with Gasteiger partial charge in [0.25, 0.3) is 5.69 Å². The van der Waals surface area contributed by atoms with Crippen molar-refractivity contribution in [2.45, 2.75) is 44.9 Å². The third-order valence-electron chi connectivity index (χ3n) is 5.01. The Kier molecular flexibility index (Phi) is 5.27. The van der Waals surface area contributed by atoms with E-state index in [-0.39, 0.29) is 23.8 Å². The number of rotatable bonds is 2. The number of nitro groups is 1. The highest BCUT2D eigenvalue weighted by atomic mass is 19.1. The maximum absolute atomic E-state index is 14.8. The van der Waals surface area contributed by atoms with Gasteiger partial charge in [0.2, 0.25) is 11.9 Å². The molecule has 0 radical (unpaired) electrons. The van der Waals surface area contributed by atoms with Crippen LogP contribution in [0.4, 0.5) is 14.9 Å². The molecule has 2 heterocycles. The Hall–Kier alpha value is -3.08. The minimum Gasteiger partial charge on any atom is -0.444 e. The van der Waals surface area contributed by atoms with Crippen LogP contribution < -0.4 is 5.32 Å². The predicted molar refractivity (Wildman–Crippen MR) is 103 cm³/mol. The Morgan fingerprint density at radius 3 is 2.73 bits per heavy atom. The van der Waals surface area contributed by atoms with Crippen LogP contribution in [0.15, 0.2) is 23.2 Å². The average molecular weight is 422 g/mol. The molecule has 1 aromatic carbocycles. The molecule has 0 saturated carbocycles. The van der Waals surface area contributed by atoms with Crippen molar-refractivity contribution in [3.8, 4) is 0 Å². The molecule has 1 aromatic rings. The summed E-state index contributed by atoms with van der Waals surface area (Å²) in [5.74, 6) is -2.31. The quantitative estimate of drug-likeness (QED) is 0.576. The number of carbonyl (C=O) groups is 2. The number of nitrogens with zero attached hydrogens (tertiary/aromatic N) is 3. The maximum atomic E-state index is 14.8. The van der Waals surface area contributed by atoms with Gasteiger partial charge in [-0.15, -0.1) is 0 Å².